The van der Waals surface area contributed by atoms with E-state index in [0.29, 0.717) is 17.2 Å². The summed E-state index contributed by atoms with van der Waals surface area (Å²) in [6.07, 6.45) is 1.85. The number of carbonyl (C=O) groups is 1. The van der Waals surface area contributed by atoms with Crippen LogP contribution in [0.5, 0.6) is 0 Å². The minimum atomic E-state index is -0.444. The van der Waals surface area contributed by atoms with Gasteiger partial charge in [-0.15, -0.1) is 0 Å². The monoisotopic (exact) mass is 357 g/mol. The summed E-state index contributed by atoms with van der Waals surface area (Å²) in [5.74, 6) is 0.0923. The Kier molecular flexibility index (Phi) is 2.80. The molecule has 3 aromatic rings. The lowest BCUT2D eigenvalue weighted by Crippen LogP contribution is -2.15. The molecule has 4 rings (SSSR count). The summed E-state index contributed by atoms with van der Waals surface area (Å²) in [6, 6.07) is 5.76. The molecule has 0 saturated heterocycles. The van der Waals surface area contributed by atoms with Crippen molar-refractivity contribution in [2.45, 2.75) is 12.8 Å². The van der Waals surface area contributed by atoms with Gasteiger partial charge < -0.3 is 5.32 Å². The van der Waals surface area contributed by atoms with Crippen LogP contribution < -0.4 is 5.32 Å². The van der Waals surface area contributed by atoms with E-state index in [0.717, 1.165) is 21.1 Å². The Labute approximate surface area is 134 Å². The SMILES string of the molecule is Cc1nc(C2C(=O)Nc3ccc(Br)cc32)c2cn(C)nc2n1. The van der Waals surface area contributed by atoms with Gasteiger partial charge in [0.05, 0.1) is 11.1 Å². The molecular weight excluding hydrogens is 346 g/mol. The van der Waals surface area contributed by atoms with E-state index in [1.165, 1.54) is 0 Å². The van der Waals surface area contributed by atoms with Crippen LogP contribution in [0.3, 0.4) is 0 Å². The van der Waals surface area contributed by atoms with Crippen molar-refractivity contribution in [1.82, 2.24) is 19.7 Å². The van der Waals surface area contributed by atoms with Crippen molar-refractivity contribution < 1.29 is 4.79 Å². The third kappa shape index (κ3) is 1.93. The second kappa shape index (κ2) is 4.61. The summed E-state index contributed by atoms with van der Waals surface area (Å²) in [4.78, 5) is 21.4. The Bertz CT molecular complexity index is 933. The van der Waals surface area contributed by atoms with Crippen LogP contribution in [-0.2, 0) is 11.8 Å². The molecule has 0 aliphatic carbocycles. The van der Waals surface area contributed by atoms with Gasteiger partial charge in [-0.05, 0) is 30.7 Å². The second-order valence-corrected chi connectivity index (χ2v) is 6.27. The Morgan fingerprint density at radius 1 is 1.32 bits per heavy atom. The number of amides is 1. The number of halogens is 1. The van der Waals surface area contributed by atoms with E-state index in [1.54, 1.807) is 4.68 Å². The zero-order chi connectivity index (χ0) is 15.4. The Morgan fingerprint density at radius 2 is 2.14 bits per heavy atom. The minimum Gasteiger partial charge on any atom is -0.325 e. The number of hydrogen-bond acceptors (Lipinski definition) is 4. The lowest BCUT2D eigenvalue weighted by atomic mass is 9.95. The average molecular weight is 358 g/mol. The number of aryl methyl sites for hydroxylation is 2. The molecule has 2 aromatic heterocycles. The fourth-order valence-electron chi connectivity index (χ4n) is 2.88. The third-order valence-corrected chi connectivity index (χ3v) is 4.25. The highest BCUT2D eigenvalue weighted by molar-refractivity contribution is 9.10. The highest BCUT2D eigenvalue weighted by Gasteiger charge is 2.35. The van der Waals surface area contributed by atoms with Crippen LogP contribution in [0.25, 0.3) is 11.0 Å². The van der Waals surface area contributed by atoms with Gasteiger partial charge >= 0.3 is 0 Å². The molecule has 1 aliphatic heterocycles. The number of fused-ring (bicyclic) bond motifs is 2. The van der Waals surface area contributed by atoms with Crippen LogP contribution in [0.2, 0.25) is 0 Å². The Hall–Kier alpha value is -2.28. The molecule has 0 bridgehead atoms. The number of benzene rings is 1. The van der Waals surface area contributed by atoms with Gasteiger partial charge in [0.25, 0.3) is 0 Å². The van der Waals surface area contributed by atoms with Gasteiger partial charge in [-0.1, -0.05) is 15.9 Å². The predicted octanol–water partition coefficient (Wildman–Crippen LogP) is 2.52. The maximum atomic E-state index is 12.5. The van der Waals surface area contributed by atoms with Crippen molar-refractivity contribution in [3.63, 3.8) is 0 Å². The summed E-state index contributed by atoms with van der Waals surface area (Å²) in [7, 11) is 1.83. The fraction of sp³-hybridized carbons (Fsp3) is 0.200. The van der Waals surface area contributed by atoms with E-state index in [2.05, 4.69) is 36.3 Å². The molecule has 0 radical (unpaired) electrons. The Balaban J connectivity index is 2.00. The molecule has 1 atom stereocenters. The van der Waals surface area contributed by atoms with Gasteiger partial charge in [-0.25, -0.2) is 9.97 Å². The van der Waals surface area contributed by atoms with Crippen LogP contribution in [0.1, 0.15) is 23.0 Å². The molecule has 22 heavy (non-hydrogen) atoms. The average Bonchev–Trinajstić information content (AvgIpc) is 2.96. The normalized spacial score (nSPS) is 16.9. The number of nitrogens with zero attached hydrogens (tertiary/aromatic N) is 4. The van der Waals surface area contributed by atoms with Crippen LogP contribution in [0, 0.1) is 6.92 Å². The lowest BCUT2D eigenvalue weighted by Gasteiger charge is -2.10. The number of anilines is 1. The fourth-order valence-corrected chi connectivity index (χ4v) is 3.26. The van der Waals surface area contributed by atoms with Crippen LogP contribution in [0.15, 0.2) is 28.9 Å². The molecule has 0 fully saturated rings. The molecule has 6 nitrogen and oxygen atoms in total. The minimum absolute atomic E-state index is 0.0728. The molecular formula is C15H12BrN5O. The molecule has 1 aliphatic rings. The summed E-state index contributed by atoms with van der Waals surface area (Å²) in [5.41, 5.74) is 3.06. The van der Waals surface area contributed by atoms with Crippen LogP contribution >= 0.6 is 15.9 Å². The van der Waals surface area contributed by atoms with E-state index in [4.69, 9.17) is 0 Å². The Morgan fingerprint density at radius 3 is 2.95 bits per heavy atom. The van der Waals surface area contributed by atoms with Gasteiger partial charge in [-0.3, -0.25) is 9.48 Å². The largest absolute Gasteiger partial charge is 0.325 e. The van der Waals surface area contributed by atoms with Crippen molar-refractivity contribution in [1.29, 1.82) is 0 Å². The summed E-state index contributed by atoms with van der Waals surface area (Å²) < 4.78 is 2.62. The predicted molar refractivity (Wildman–Crippen MR) is 85.7 cm³/mol. The van der Waals surface area contributed by atoms with Crippen molar-refractivity contribution in [2.24, 2.45) is 7.05 Å². The van der Waals surface area contributed by atoms with Crippen LogP contribution in [0.4, 0.5) is 5.69 Å². The second-order valence-electron chi connectivity index (χ2n) is 5.35. The third-order valence-electron chi connectivity index (χ3n) is 3.75. The lowest BCUT2D eigenvalue weighted by molar-refractivity contribution is -0.116. The molecule has 1 N–H and O–H groups in total. The van der Waals surface area contributed by atoms with Crippen molar-refractivity contribution >= 4 is 38.6 Å². The van der Waals surface area contributed by atoms with Gasteiger partial charge in [-0.2, -0.15) is 5.10 Å². The zero-order valence-corrected chi connectivity index (χ0v) is 13.5. The first-order valence-corrected chi connectivity index (χ1v) is 7.60. The summed E-state index contributed by atoms with van der Waals surface area (Å²) in [5, 5.41) is 8.05. The highest BCUT2D eigenvalue weighted by Crippen LogP contribution is 2.39. The topological polar surface area (TPSA) is 72.7 Å². The molecule has 3 heterocycles. The maximum Gasteiger partial charge on any atom is 0.238 e. The van der Waals surface area contributed by atoms with E-state index in [1.807, 2.05) is 38.4 Å². The van der Waals surface area contributed by atoms with Crippen molar-refractivity contribution in [3.05, 3.63) is 46.0 Å². The van der Waals surface area contributed by atoms with Crippen LogP contribution in [-0.4, -0.2) is 25.7 Å². The van der Waals surface area contributed by atoms with Gasteiger partial charge in [0.15, 0.2) is 5.65 Å². The van der Waals surface area contributed by atoms with E-state index in [9.17, 15) is 4.79 Å². The standard InChI is InChI=1S/C15H12BrN5O/c1-7-17-13(10-6-21(2)20-14(10)18-7)12-9-5-8(16)3-4-11(9)19-15(12)22/h3-6,12H,1-2H3,(H,19,22). The molecule has 0 spiro atoms. The summed E-state index contributed by atoms with van der Waals surface area (Å²) >= 11 is 3.46. The highest BCUT2D eigenvalue weighted by atomic mass is 79.9. The molecule has 1 aromatic carbocycles. The van der Waals surface area contributed by atoms with Gasteiger partial charge in [0, 0.05) is 23.4 Å². The maximum absolute atomic E-state index is 12.5. The van der Waals surface area contributed by atoms with E-state index >= 15 is 0 Å². The smallest absolute Gasteiger partial charge is 0.238 e. The number of hydrogen-bond donors (Lipinski definition) is 1. The van der Waals surface area contributed by atoms with Gasteiger partial charge in [0.1, 0.15) is 11.7 Å². The van der Waals surface area contributed by atoms with Crippen molar-refractivity contribution in [3.8, 4) is 0 Å². The quantitative estimate of drug-likeness (QED) is 0.726. The zero-order valence-electron chi connectivity index (χ0n) is 12.0. The van der Waals surface area contributed by atoms with E-state index in [-0.39, 0.29) is 5.91 Å². The molecule has 7 heteroatoms. The summed E-state index contributed by atoms with van der Waals surface area (Å²) in [6.45, 7) is 1.81. The number of rotatable bonds is 1. The number of nitrogens with one attached hydrogen (secondary N) is 1. The first-order valence-electron chi connectivity index (χ1n) is 6.81. The molecule has 1 unspecified atom stereocenters. The van der Waals surface area contributed by atoms with Crippen molar-refractivity contribution in [2.75, 3.05) is 5.32 Å². The molecule has 110 valence electrons. The molecule has 1 amide bonds. The number of carbonyl (C=O) groups excluding carboxylic acids is 1. The first kappa shape index (κ1) is 13.4. The first-order chi connectivity index (χ1) is 10.5. The van der Waals surface area contributed by atoms with E-state index < -0.39 is 5.92 Å². The van der Waals surface area contributed by atoms with Gasteiger partial charge in [0.2, 0.25) is 5.91 Å². The molecule has 0 saturated carbocycles. The number of aromatic nitrogens is 4.